The van der Waals surface area contributed by atoms with Gasteiger partial charge in [0, 0.05) is 0 Å². The summed E-state index contributed by atoms with van der Waals surface area (Å²) in [6.07, 6.45) is -4.63. The topological polar surface area (TPSA) is 98.0 Å². The number of aliphatic hydroxyl groups excluding tert-OH is 4. The highest BCUT2D eigenvalue weighted by Crippen LogP contribution is 1.96. The Balaban J connectivity index is 3.80. The molecule has 60 valence electrons. The first-order valence-electron chi connectivity index (χ1n) is 2.73. The van der Waals surface area contributed by atoms with Crippen molar-refractivity contribution < 1.29 is 25.2 Å². The van der Waals surface area contributed by atoms with Crippen molar-refractivity contribution in [2.24, 2.45) is 0 Å². The molecule has 3 atom stereocenters. The Morgan fingerprint density at radius 2 is 1.80 bits per heavy atom. The molecule has 0 radical (unpaired) electrons. The van der Waals surface area contributed by atoms with Gasteiger partial charge in [0.15, 0.2) is 6.29 Å². The molecule has 0 fully saturated rings. The minimum atomic E-state index is -1.64. The van der Waals surface area contributed by atoms with Crippen LogP contribution in [0.4, 0.5) is 0 Å². The molecule has 0 aromatic rings. The van der Waals surface area contributed by atoms with Crippen molar-refractivity contribution in [2.45, 2.75) is 18.3 Å². The van der Waals surface area contributed by atoms with Crippen LogP contribution in [0.3, 0.4) is 0 Å². The number of hydrogen-bond acceptors (Lipinski definition) is 5. The van der Waals surface area contributed by atoms with E-state index >= 15 is 0 Å². The molecule has 0 bridgehead atoms. The average Bonchev–Trinajstić information content (AvgIpc) is 2.00. The molecule has 0 rings (SSSR count). The molecule has 0 unspecified atom stereocenters. The Kier molecular flexibility index (Phi) is 4.13. The second-order valence-electron chi connectivity index (χ2n) is 1.87. The van der Waals surface area contributed by atoms with Gasteiger partial charge in [0.25, 0.3) is 0 Å². The fourth-order valence-electron chi connectivity index (χ4n) is 0.416. The molecule has 0 aromatic carbocycles. The van der Waals surface area contributed by atoms with Gasteiger partial charge < -0.3 is 25.2 Å². The Labute approximate surface area is 57.5 Å². The maximum Gasteiger partial charge on any atom is 0.151 e. The molecule has 0 aliphatic carbocycles. The standard InChI is InChI=1S/C5H10O5/c6-1-3(8)5(10)4(9)2-7/h1,3-5,7-10H,2H2/t3-,4+,5+/m0/s1/i1+1,3+1. The van der Waals surface area contributed by atoms with Gasteiger partial charge in [-0.25, -0.2) is 0 Å². The first-order chi connectivity index (χ1) is 4.63. The van der Waals surface area contributed by atoms with E-state index in [0.29, 0.717) is 0 Å². The van der Waals surface area contributed by atoms with Crippen molar-refractivity contribution >= 4 is 6.29 Å². The van der Waals surface area contributed by atoms with Crippen LogP contribution < -0.4 is 0 Å². The van der Waals surface area contributed by atoms with Crippen LogP contribution in [0.15, 0.2) is 0 Å². The maximum absolute atomic E-state index is 9.76. The summed E-state index contributed by atoms with van der Waals surface area (Å²) in [4.78, 5) is 9.76. The van der Waals surface area contributed by atoms with E-state index in [1.54, 1.807) is 0 Å². The lowest BCUT2D eigenvalue weighted by Crippen LogP contribution is -2.40. The quantitative estimate of drug-likeness (QED) is 0.259. The van der Waals surface area contributed by atoms with E-state index in [1.807, 2.05) is 0 Å². The molecule has 0 amide bonds. The highest BCUT2D eigenvalue weighted by atomic mass is 16.4. The third-order valence-corrected chi connectivity index (χ3v) is 1.07. The van der Waals surface area contributed by atoms with Gasteiger partial charge in [0.2, 0.25) is 0 Å². The monoisotopic (exact) mass is 152 g/mol. The Hall–Kier alpha value is -0.490. The highest BCUT2D eigenvalue weighted by molar-refractivity contribution is 5.56. The van der Waals surface area contributed by atoms with Crippen LogP contribution in [0.5, 0.6) is 0 Å². The van der Waals surface area contributed by atoms with Gasteiger partial charge in [0.05, 0.1) is 6.61 Å². The lowest BCUT2D eigenvalue weighted by atomic mass is 10.3. The van der Waals surface area contributed by atoms with Gasteiger partial charge in [-0.15, -0.1) is 0 Å². The summed E-state index contributed by atoms with van der Waals surface area (Å²) in [7, 11) is 0. The van der Waals surface area contributed by atoms with Gasteiger partial charge in [-0.1, -0.05) is 0 Å². The molecule has 5 nitrogen and oxygen atoms in total. The lowest BCUT2D eigenvalue weighted by Gasteiger charge is -2.16. The van der Waals surface area contributed by atoms with E-state index in [-0.39, 0.29) is 6.29 Å². The molecule has 0 aromatic heterocycles. The van der Waals surface area contributed by atoms with E-state index in [1.165, 1.54) is 0 Å². The van der Waals surface area contributed by atoms with Gasteiger partial charge in [-0.3, -0.25) is 0 Å². The molecule has 0 saturated heterocycles. The molecule has 4 N–H and O–H groups in total. The van der Waals surface area contributed by atoms with Crippen molar-refractivity contribution in [1.29, 1.82) is 0 Å². The van der Waals surface area contributed by atoms with Crippen LogP contribution in [0.1, 0.15) is 0 Å². The normalized spacial score (nSPS) is 19.6. The number of aldehydes is 1. The second kappa shape index (κ2) is 4.35. The molecule has 10 heavy (non-hydrogen) atoms. The van der Waals surface area contributed by atoms with E-state index in [9.17, 15) is 4.79 Å². The zero-order chi connectivity index (χ0) is 8.15. The molecule has 0 heterocycles. The van der Waals surface area contributed by atoms with Crippen molar-refractivity contribution in [2.75, 3.05) is 6.61 Å². The summed E-state index contributed by atoms with van der Waals surface area (Å²) < 4.78 is 0. The number of hydrogen-bond donors (Lipinski definition) is 4. The lowest BCUT2D eigenvalue weighted by molar-refractivity contribution is -0.127. The Bertz CT molecular complexity index is 104. The molecule has 0 spiro atoms. The predicted molar refractivity (Wildman–Crippen MR) is 31.2 cm³/mol. The van der Waals surface area contributed by atoms with Crippen LogP contribution in [0, 0.1) is 0 Å². The van der Waals surface area contributed by atoms with Crippen LogP contribution in [0.2, 0.25) is 0 Å². The summed E-state index contributed by atoms with van der Waals surface area (Å²) in [5, 5.41) is 34.1. The molecule has 0 saturated carbocycles. The van der Waals surface area contributed by atoms with E-state index in [0.717, 1.165) is 0 Å². The second-order valence-corrected chi connectivity index (χ2v) is 1.87. The summed E-state index contributed by atoms with van der Waals surface area (Å²) in [5.74, 6) is 0. The minimum Gasteiger partial charge on any atom is -0.394 e. The van der Waals surface area contributed by atoms with Crippen molar-refractivity contribution in [3.8, 4) is 0 Å². The number of carbonyl (C=O) groups is 1. The predicted octanol–water partition coefficient (Wildman–Crippen LogP) is -2.74. The maximum atomic E-state index is 9.76. The fourth-order valence-corrected chi connectivity index (χ4v) is 0.416. The van der Waals surface area contributed by atoms with E-state index in [4.69, 9.17) is 20.4 Å². The third kappa shape index (κ3) is 2.40. The summed E-state index contributed by atoms with van der Waals surface area (Å²) in [5.41, 5.74) is 0. The minimum absolute atomic E-state index is 0.0869. The first kappa shape index (κ1) is 9.51. The summed E-state index contributed by atoms with van der Waals surface area (Å²) in [6, 6.07) is 0. The molecular weight excluding hydrogens is 142 g/mol. The van der Waals surface area contributed by atoms with Crippen molar-refractivity contribution in [3.63, 3.8) is 0 Å². The zero-order valence-electron chi connectivity index (χ0n) is 5.21. The van der Waals surface area contributed by atoms with Crippen LogP contribution in [0.25, 0.3) is 0 Å². The molecular formula is C5H10O5. The van der Waals surface area contributed by atoms with E-state index < -0.39 is 24.9 Å². The summed E-state index contributed by atoms with van der Waals surface area (Å²) in [6.45, 7) is -0.688. The van der Waals surface area contributed by atoms with Gasteiger partial charge in [0.1, 0.15) is 18.3 Å². The average molecular weight is 152 g/mol. The van der Waals surface area contributed by atoms with Crippen molar-refractivity contribution in [1.82, 2.24) is 0 Å². The van der Waals surface area contributed by atoms with Gasteiger partial charge in [-0.2, -0.15) is 0 Å². The number of carbonyl (C=O) groups excluding carboxylic acids is 1. The fraction of sp³-hybridized carbons (Fsp3) is 0.800. The van der Waals surface area contributed by atoms with E-state index in [2.05, 4.69) is 0 Å². The largest absolute Gasteiger partial charge is 0.394 e. The number of rotatable bonds is 4. The first-order valence-corrected chi connectivity index (χ1v) is 2.73. The molecule has 0 aliphatic heterocycles. The smallest absolute Gasteiger partial charge is 0.151 e. The third-order valence-electron chi connectivity index (χ3n) is 1.07. The SMILES string of the molecule is O=[13CH][13C@H](O)[C@@H](O)[C@H](O)CO. The van der Waals surface area contributed by atoms with Crippen molar-refractivity contribution in [3.05, 3.63) is 0 Å². The van der Waals surface area contributed by atoms with Crippen LogP contribution in [-0.2, 0) is 4.79 Å². The van der Waals surface area contributed by atoms with Crippen LogP contribution >= 0.6 is 0 Å². The Morgan fingerprint density at radius 1 is 1.30 bits per heavy atom. The molecule has 5 heteroatoms. The summed E-state index contributed by atoms with van der Waals surface area (Å²) >= 11 is 0. The Morgan fingerprint density at radius 3 is 2.10 bits per heavy atom. The molecule has 0 aliphatic rings. The zero-order valence-corrected chi connectivity index (χ0v) is 5.21. The highest BCUT2D eigenvalue weighted by Gasteiger charge is 2.22. The van der Waals surface area contributed by atoms with Crippen LogP contribution in [-0.4, -0.2) is 51.6 Å². The number of aliphatic hydroxyl groups is 4. The van der Waals surface area contributed by atoms with Gasteiger partial charge in [-0.05, 0) is 0 Å². The van der Waals surface area contributed by atoms with Gasteiger partial charge >= 0.3 is 0 Å².